The maximum absolute atomic E-state index is 11.7. The summed E-state index contributed by atoms with van der Waals surface area (Å²) in [7, 11) is -3.32. The molecule has 0 fully saturated rings. The number of unbranched alkanes of at least 4 members (excludes halogenated alkanes) is 1. The van der Waals surface area contributed by atoms with Crippen molar-refractivity contribution in [1.29, 1.82) is 0 Å². The van der Waals surface area contributed by atoms with Crippen molar-refractivity contribution < 1.29 is 14.0 Å². The van der Waals surface area contributed by atoms with E-state index in [1.54, 1.807) is 0 Å². The van der Waals surface area contributed by atoms with Crippen LogP contribution in [0.3, 0.4) is 0 Å². The van der Waals surface area contributed by atoms with Crippen molar-refractivity contribution in [3.63, 3.8) is 0 Å². The molecule has 0 radical (unpaired) electrons. The van der Waals surface area contributed by atoms with Crippen LogP contribution >= 0.6 is 7.60 Å². The Kier molecular flexibility index (Phi) is 8.40. The fourth-order valence-electron chi connectivity index (χ4n) is 1.54. The summed E-state index contributed by atoms with van der Waals surface area (Å²) in [6.45, 7) is 6.15. The quantitative estimate of drug-likeness (QED) is 0.616. The van der Waals surface area contributed by atoms with E-state index in [1.807, 2.05) is 6.92 Å². The third-order valence-corrected chi connectivity index (χ3v) is 3.84. The van der Waals surface area contributed by atoms with Crippen LogP contribution < -0.4 is 0 Å². The molecule has 0 aliphatic carbocycles. The molecule has 15 heavy (non-hydrogen) atoms. The van der Waals surface area contributed by atoms with E-state index in [0.717, 1.165) is 38.5 Å². The molecule has 0 saturated carbocycles. The first-order valence-corrected chi connectivity index (χ1v) is 7.82. The molecule has 0 spiro atoms. The Balaban J connectivity index is 4.05. The molecule has 0 saturated heterocycles. The average Bonchev–Trinajstić information content (AvgIpc) is 2.15. The van der Waals surface area contributed by atoms with E-state index in [1.165, 1.54) is 0 Å². The Hall–Kier alpha value is 0.150. The van der Waals surface area contributed by atoms with E-state index in [4.69, 9.17) is 4.52 Å². The van der Waals surface area contributed by atoms with Gasteiger partial charge in [0.15, 0.2) is 0 Å². The average molecular weight is 236 g/mol. The van der Waals surface area contributed by atoms with Crippen LogP contribution in [0.1, 0.15) is 59.3 Å². The normalized spacial score (nSPS) is 15.5. The van der Waals surface area contributed by atoms with E-state index in [-0.39, 0.29) is 6.10 Å². The monoisotopic (exact) mass is 236 g/mol. The minimum absolute atomic E-state index is 0.0345. The van der Waals surface area contributed by atoms with Crippen LogP contribution in [-0.4, -0.2) is 17.2 Å². The van der Waals surface area contributed by atoms with Gasteiger partial charge in [0, 0.05) is 6.16 Å². The molecule has 4 heteroatoms. The number of hydrogen-bond donors (Lipinski definition) is 1. The highest BCUT2D eigenvalue weighted by Gasteiger charge is 2.23. The molecule has 1 unspecified atom stereocenters. The van der Waals surface area contributed by atoms with Gasteiger partial charge in [0.05, 0.1) is 6.10 Å². The summed E-state index contributed by atoms with van der Waals surface area (Å²) < 4.78 is 17.0. The van der Waals surface area contributed by atoms with Gasteiger partial charge in [-0.15, -0.1) is 0 Å². The molecule has 1 atom stereocenters. The van der Waals surface area contributed by atoms with Gasteiger partial charge in [-0.2, -0.15) is 0 Å². The van der Waals surface area contributed by atoms with Gasteiger partial charge in [-0.1, -0.05) is 40.0 Å². The smallest absolute Gasteiger partial charge is 0.324 e. The summed E-state index contributed by atoms with van der Waals surface area (Å²) in [4.78, 5) is 9.60. The first-order chi connectivity index (χ1) is 7.05. The highest BCUT2D eigenvalue weighted by molar-refractivity contribution is 7.52. The summed E-state index contributed by atoms with van der Waals surface area (Å²) in [6.07, 6.45) is 5.71. The lowest BCUT2D eigenvalue weighted by Crippen LogP contribution is -2.12. The molecule has 0 heterocycles. The SMILES string of the molecule is CCCCP(=O)(O)OC(CCC)CCC. The van der Waals surface area contributed by atoms with Crippen LogP contribution in [0.2, 0.25) is 0 Å². The molecular weight excluding hydrogens is 211 g/mol. The molecule has 0 aliphatic heterocycles. The molecule has 92 valence electrons. The Labute approximate surface area is 93.8 Å². The van der Waals surface area contributed by atoms with Crippen LogP contribution in [0, 0.1) is 0 Å². The van der Waals surface area contributed by atoms with Crippen LogP contribution in [0.4, 0.5) is 0 Å². The first kappa shape index (κ1) is 15.2. The molecule has 0 aliphatic rings. The van der Waals surface area contributed by atoms with Crippen molar-refractivity contribution in [3.05, 3.63) is 0 Å². The van der Waals surface area contributed by atoms with Crippen LogP contribution in [0.5, 0.6) is 0 Å². The zero-order valence-electron chi connectivity index (χ0n) is 10.2. The van der Waals surface area contributed by atoms with E-state index in [9.17, 15) is 9.46 Å². The molecule has 3 nitrogen and oxygen atoms in total. The Bertz CT molecular complexity index is 188. The lowest BCUT2D eigenvalue weighted by Gasteiger charge is -2.20. The largest absolute Gasteiger partial charge is 0.328 e. The molecular formula is C11H25O3P. The zero-order valence-corrected chi connectivity index (χ0v) is 11.1. The second kappa shape index (κ2) is 8.32. The summed E-state index contributed by atoms with van der Waals surface area (Å²) in [5.74, 6) is 0. The molecule has 0 bridgehead atoms. The minimum Gasteiger partial charge on any atom is -0.324 e. The van der Waals surface area contributed by atoms with Crippen molar-refractivity contribution >= 4 is 7.60 Å². The van der Waals surface area contributed by atoms with Crippen LogP contribution in [-0.2, 0) is 9.09 Å². The van der Waals surface area contributed by atoms with Crippen molar-refractivity contribution in [3.8, 4) is 0 Å². The Morgan fingerprint density at radius 1 is 1.13 bits per heavy atom. The third-order valence-electron chi connectivity index (χ3n) is 2.33. The van der Waals surface area contributed by atoms with Crippen molar-refractivity contribution in [2.24, 2.45) is 0 Å². The first-order valence-electron chi connectivity index (χ1n) is 6.05. The molecule has 1 N–H and O–H groups in total. The predicted octanol–water partition coefficient (Wildman–Crippen LogP) is 3.96. The van der Waals surface area contributed by atoms with Gasteiger partial charge in [-0.25, -0.2) is 0 Å². The van der Waals surface area contributed by atoms with Gasteiger partial charge in [0.25, 0.3) is 0 Å². The zero-order chi connectivity index (χ0) is 11.7. The summed E-state index contributed by atoms with van der Waals surface area (Å²) in [6, 6.07) is 0. The van der Waals surface area contributed by atoms with Crippen molar-refractivity contribution in [1.82, 2.24) is 0 Å². The maximum Gasteiger partial charge on any atom is 0.328 e. The lowest BCUT2D eigenvalue weighted by atomic mass is 10.1. The van der Waals surface area contributed by atoms with Crippen molar-refractivity contribution in [2.45, 2.75) is 65.4 Å². The standard InChI is InChI=1S/C11H25O3P/c1-4-7-10-15(12,13)14-11(8-5-2)9-6-3/h11H,4-10H2,1-3H3,(H,12,13). The predicted molar refractivity (Wildman–Crippen MR) is 64.3 cm³/mol. The van der Waals surface area contributed by atoms with Crippen molar-refractivity contribution in [2.75, 3.05) is 6.16 Å². The highest BCUT2D eigenvalue weighted by atomic mass is 31.2. The minimum atomic E-state index is -3.32. The van der Waals surface area contributed by atoms with Crippen LogP contribution in [0.25, 0.3) is 0 Å². The topological polar surface area (TPSA) is 46.5 Å². The van der Waals surface area contributed by atoms with Gasteiger partial charge in [-0.3, -0.25) is 4.57 Å². The van der Waals surface area contributed by atoms with Gasteiger partial charge in [0.2, 0.25) is 0 Å². The summed E-state index contributed by atoms with van der Waals surface area (Å²) in [5, 5.41) is 0. The van der Waals surface area contributed by atoms with Gasteiger partial charge >= 0.3 is 7.60 Å². The highest BCUT2D eigenvalue weighted by Crippen LogP contribution is 2.45. The third kappa shape index (κ3) is 8.01. The lowest BCUT2D eigenvalue weighted by molar-refractivity contribution is 0.154. The molecule has 0 rings (SSSR count). The van der Waals surface area contributed by atoms with E-state index in [2.05, 4.69) is 13.8 Å². The van der Waals surface area contributed by atoms with Gasteiger partial charge in [-0.05, 0) is 19.3 Å². The van der Waals surface area contributed by atoms with E-state index < -0.39 is 7.60 Å². The maximum atomic E-state index is 11.7. The molecule has 0 amide bonds. The number of rotatable bonds is 9. The molecule has 0 aromatic carbocycles. The van der Waals surface area contributed by atoms with Gasteiger partial charge in [0.1, 0.15) is 0 Å². The fraction of sp³-hybridized carbons (Fsp3) is 1.00. The van der Waals surface area contributed by atoms with Gasteiger partial charge < -0.3 is 9.42 Å². The fourth-order valence-corrected chi connectivity index (χ4v) is 3.04. The van der Waals surface area contributed by atoms with E-state index in [0.29, 0.717) is 6.16 Å². The molecule has 0 aromatic rings. The Morgan fingerprint density at radius 3 is 2.07 bits per heavy atom. The second-order valence-electron chi connectivity index (χ2n) is 4.02. The molecule has 0 aromatic heterocycles. The van der Waals surface area contributed by atoms with E-state index >= 15 is 0 Å². The summed E-state index contributed by atoms with van der Waals surface area (Å²) in [5.41, 5.74) is 0. The second-order valence-corrected chi connectivity index (χ2v) is 5.95. The van der Waals surface area contributed by atoms with Crippen LogP contribution in [0.15, 0.2) is 0 Å². The number of hydrogen-bond acceptors (Lipinski definition) is 2. The summed E-state index contributed by atoms with van der Waals surface area (Å²) >= 11 is 0. The Morgan fingerprint density at radius 2 is 1.67 bits per heavy atom.